The van der Waals surface area contributed by atoms with E-state index in [-0.39, 0.29) is 12.2 Å². The summed E-state index contributed by atoms with van der Waals surface area (Å²) < 4.78 is 13.5. The van der Waals surface area contributed by atoms with Gasteiger partial charge in [-0.3, -0.25) is 9.59 Å². The van der Waals surface area contributed by atoms with Crippen LogP contribution in [-0.2, 0) is 9.59 Å². The molecule has 0 saturated heterocycles. The molecule has 15 heavy (non-hydrogen) atoms. The molecule has 0 saturated carbocycles. The van der Waals surface area contributed by atoms with Crippen LogP contribution in [0, 0.1) is 5.82 Å². The number of ketones is 1. The van der Waals surface area contributed by atoms with Crippen LogP contribution in [0.1, 0.15) is 24.8 Å². The monoisotopic (exact) mass is 271 g/mol. The van der Waals surface area contributed by atoms with Crippen molar-refractivity contribution in [1.82, 2.24) is 0 Å². The number of carbonyl (C=O) groups is 1. The van der Waals surface area contributed by atoms with Crippen molar-refractivity contribution in [1.29, 1.82) is 0 Å². The van der Waals surface area contributed by atoms with Crippen molar-refractivity contribution in [2.75, 3.05) is 0 Å². The van der Waals surface area contributed by atoms with Crippen LogP contribution in [0.2, 0.25) is 0 Å². The zero-order chi connectivity index (χ0) is 11.4. The second-order valence-corrected chi connectivity index (χ2v) is 3.90. The van der Waals surface area contributed by atoms with E-state index >= 15 is 0 Å². The molecule has 1 unspecified atom stereocenters. The third kappa shape index (κ3) is 2.72. The number of Topliss-reactive ketones (excluding diaryl/α,β-unsaturated/α-hetero) is 1. The van der Waals surface area contributed by atoms with E-state index in [9.17, 15) is 14.0 Å². The highest BCUT2D eigenvalue weighted by molar-refractivity contribution is 9.10. The molecule has 0 aromatic heterocycles. The van der Waals surface area contributed by atoms with Crippen LogP contribution in [-0.4, -0.2) is 12.1 Å². The Kier molecular flexibility index (Phi) is 4.15. The fourth-order valence-electron chi connectivity index (χ4n) is 1.22. The van der Waals surface area contributed by atoms with Gasteiger partial charge in [0, 0.05) is 6.42 Å². The molecular formula is C11H9BrFO2. The third-order valence-electron chi connectivity index (χ3n) is 2.07. The summed E-state index contributed by atoms with van der Waals surface area (Å²) >= 11 is 3.00. The molecule has 1 aromatic rings. The Morgan fingerprint density at radius 1 is 1.60 bits per heavy atom. The first-order chi connectivity index (χ1) is 7.10. The molecule has 0 N–H and O–H groups in total. The number of halogens is 2. The summed E-state index contributed by atoms with van der Waals surface area (Å²) in [6, 6.07) is 4.18. The highest BCUT2D eigenvalue weighted by Crippen LogP contribution is 2.22. The summed E-state index contributed by atoms with van der Waals surface area (Å²) in [5.74, 6) is -1.72. The van der Waals surface area contributed by atoms with Crippen molar-refractivity contribution in [2.45, 2.75) is 19.3 Å². The van der Waals surface area contributed by atoms with E-state index in [1.165, 1.54) is 18.2 Å². The van der Waals surface area contributed by atoms with Crippen LogP contribution >= 0.6 is 15.9 Å². The number of rotatable bonds is 4. The highest BCUT2D eigenvalue weighted by Gasteiger charge is 2.19. The maximum atomic E-state index is 13.2. The Labute approximate surface area is 95.6 Å². The van der Waals surface area contributed by atoms with Gasteiger partial charge in [0.05, 0.1) is 4.47 Å². The van der Waals surface area contributed by atoms with Crippen LogP contribution in [0.15, 0.2) is 22.7 Å². The van der Waals surface area contributed by atoms with Crippen LogP contribution in [0.3, 0.4) is 0 Å². The summed E-state index contributed by atoms with van der Waals surface area (Å²) in [5, 5.41) is 0. The number of hydrogen-bond acceptors (Lipinski definition) is 2. The number of benzene rings is 1. The largest absolute Gasteiger partial charge is 0.299 e. The van der Waals surface area contributed by atoms with Gasteiger partial charge in [-0.2, -0.15) is 0 Å². The maximum Gasteiger partial charge on any atom is 0.214 e. The molecule has 0 spiro atoms. The van der Waals surface area contributed by atoms with E-state index in [0.717, 1.165) is 0 Å². The van der Waals surface area contributed by atoms with Crippen molar-refractivity contribution in [3.8, 4) is 0 Å². The summed E-state index contributed by atoms with van der Waals surface area (Å²) in [6.45, 7) is 1.65. The van der Waals surface area contributed by atoms with Gasteiger partial charge >= 0.3 is 0 Å². The molecule has 0 aliphatic carbocycles. The standard InChI is InChI=1S/C11H9BrFO2/c1-2-11(15)8(6-14)7-3-4-9(12)10(13)5-7/h3-5,8H,2H2,1H3. The lowest BCUT2D eigenvalue weighted by atomic mass is 9.95. The van der Waals surface area contributed by atoms with E-state index in [2.05, 4.69) is 15.9 Å². The Morgan fingerprint density at radius 2 is 2.27 bits per heavy atom. The Bertz CT molecular complexity index is 390. The van der Waals surface area contributed by atoms with E-state index < -0.39 is 11.7 Å². The lowest BCUT2D eigenvalue weighted by molar-refractivity contribution is -0.118. The Hall–Kier alpha value is -1.03. The average molecular weight is 272 g/mol. The molecule has 0 heterocycles. The van der Waals surface area contributed by atoms with Crippen molar-refractivity contribution < 1.29 is 14.0 Å². The maximum absolute atomic E-state index is 13.2. The molecular weight excluding hydrogens is 263 g/mol. The third-order valence-corrected chi connectivity index (χ3v) is 2.71. The molecule has 79 valence electrons. The van der Waals surface area contributed by atoms with Gasteiger partial charge in [-0.05, 0) is 33.6 Å². The minimum Gasteiger partial charge on any atom is -0.299 e. The fraction of sp³-hybridized carbons (Fsp3) is 0.273. The van der Waals surface area contributed by atoms with E-state index in [4.69, 9.17) is 0 Å². The van der Waals surface area contributed by atoms with Crippen molar-refractivity contribution in [3.05, 3.63) is 34.1 Å². The van der Waals surface area contributed by atoms with Gasteiger partial charge in [-0.25, -0.2) is 4.39 Å². The molecule has 0 aliphatic heterocycles. The van der Waals surface area contributed by atoms with E-state index in [1.54, 1.807) is 13.2 Å². The van der Waals surface area contributed by atoms with Crippen molar-refractivity contribution in [2.24, 2.45) is 0 Å². The molecule has 1 aromatic carbocycles. The van der Waals surface area contributed by atoms with Crippen LogP contribution in [0.4, 0.5) is 4.39 Å². The molecule has 0 bridgehead atoms. The lowest BCUT2D eigenvalue weighted by Crippen LogP contribution is -2.12. The van der Waals surface area contributed by atoms with E-state index in [1.807, 2.05) is 0 Å². The second kappa shape index (κ2) is 5.16. The van der Waals surface area contributed by atoms with Gasteiger partial charge in [-0.1, -0.05) is 13.0 Å². The van der Waals surface area contributed by atoms with Crippen LogP contribution in [0.5, 0.6) is 0 Å². The lowest BCUT2D eigenvalue weighted by Gasteiger charge is -2.07. The van der Waals surface area contributed by atoms with Crippen molar-refractivity contribution in [3.63, 3.8) is 0 Å². The first kappa shape index (κ1) is 12.0. The van der Waals surface area contributed by atoms with Gasteiger partial charge in [0.25, 0.3) is 0 Å². The van der Waals surface area contributed by atoms with Gasteiger partial charge in [0.2, 0.25) is 6.29 Å². The molecule has 0 fully saturated rings. The highest BCUT2D eigenvalue weighted by atomic mass is 79.9. The Morgan fingerprint density at radius 3 is 2.73 bits per heavy atom. The predicted molar refractivity (Wildman–Crippen MR) is 57.8 cm³/mol. The SMILES string of the molecule is CCC(=O)C([C]=O)c1ccc(Br)c(F)c1. The van der Waals surface area contributed by atoms with Gasteiger partial charge in [0.1, 0.15) is 17.5 Å². The summed E-state index contributed by atoms with van der Waals surface area (Å²) in [7, 11) is 0. The Balaban J connectivity index is 3.08. The number of hydrogen-bond donors (Lipinski definition) is 0. The minimum atomic E-state index is -0.974. The van der Waals surface area contributed by atoms with Gasteiger partial charge in [-0.15, -0.1) is 0 Å². The molecule has 1 atom stereocenters. The summed E-state index contributed by atoms with van der Waals surface area (Å²) in [6.07, 6.45) is 1.87. The molecule has 2 nitrogen and oxygen atoms in total. The van der Waals surface area contributed by atoms with Gasteiger partial charge in [0.15, 0.2) is 0 Å². The molecule has 1 rings (SSSR count). The van der Waals surface area contributed by atoms with E-state index in [0.29, 0.717) is 10.0 Å². The predicted octanol–water partition coefficient (Wildman–Crippen LogP) is 2.76. The minimum absolute atomic E-state index is 0.234. The van der Waals surface area contributed by atoms with Crippen molar-refractivity contribution >= 4 is 28.0 Å². The molecule has 0 aliphatic rings. The molecule has 4 heteroatoms. The molecule has 1 radical (unpaired) electrons. The van der Waals surface area contributed by atoms with Gasteiger partial charge < -0.3 is 0 Å². The normalized spacial score (nSPS) is 12.2. The van der Waals surface area contributed by atoms with Crippen LogP contribution in [0.25, 0.3) is 0 Å². The second-order valence-electron chi connectivity index (χ2n) is 3.04. The topological polar surface area (TPSA) is 34.1 Å². The quantitative estimate of drug-likeness (QED) is 0.790. The first-order valence-corrected chi connectivity index (χ1v) is 5.24. The smallest absolute Gasteiger partial charge is 0.214 e. The zero-order valence-corrected chi connectivity index (χ0v) is 9.67. The number of carbonyl (C=O) groups excluding carboxylic acids is 2. The summed E-state index contributed by atoms with van der Waals surface area (Å²) in [5.41, 5.74) is 0.345. The average Bonchev–Trinajstić information content (AvgIpc) is 2.24. The molecule has 0 amide bonds. The zero-order valence-electron chi connectivity index (χ0n) is 8.09. The van der Waals surface area contributed by atoms with Crippen LogP contribution < -0.4 is 0 Å². The first-order valence-electron chi connectivity index (χ1n) is 4.45. The summed E-state index contributed by atoms with van der Waals surface area (Å²) in [4.78, 5) is 22.0. The fourth-order valence-corrected chi connectivity index (χ4v) is 1.46.